The number of hydrogen-bond acceptors (Lipinski definition) is 3. The Morgan fingerprint density at radius 1 is 1.24 bits per heavy atom. The van der Waals surface area contributed by atoms with Crippen LogP contribution in [0.4, 0.5) is 0 Å². The SMILES string of the molecule is CC(C)C(=O)C(C)(C)CCCN1C(=O)CC(C(C)C)C1=O. The van der Waals surface area contributed by atoms with Crippen LogP contribution < -0.4 is 0 Å². The van der Waals surface area contributed by atoms with Crippen molar-refractivity contribution in [2.24, 2.45) is 23.2 Å². The van der Waals surface area contributed by atoms with Gasteiger partial charge < -0.3 is 0 Å². The number of imide groups is 1. The number of hydrogen-bond donors (Lipinski definition) is 0. The smallest absolute Gasteiger partial charge is 0.233 e. The molecule has 0 aromatic rings. The summed E-state index contributed by atoms with van der Waals surface area (Å²) in [5, 5.41) is 0. The Labute approximate surface area is 128 Å². The quantitative estimate of drug-likeness (QED) is 0.678. The van der Waals surface area contributed by atoms with E-state index >= 15 is 0 Å². The number of nitrogens with zero attached hydrogens (tertiary/aromatic N) is 1. The van der Waals surface area contributed by atoms with Crippen LogP contribution in [0.25, 0.3) is 0 Å². The van der Waals surface area contributed by atoms with Gasteiger partial charge in [-0.25, -0.2) is 0 Å². The lowest BCUT2D eigenvalue weighted by atomic mass is 9.79. The highest BCUT2D eigenvalue weighted by molar-refractivity contribution is 6.03. The molecule has 0 spiro atoms. The monoisotopic (exact) mass is 295 g/mol. The third-order valence-electron chi connectivity index (χ3n) is 4.46. The molecule has 0 N–H and O–H groups in total. The van der Waals surface area contributed by atoms with Gasteiger partial charge in [0.25, 0.3) is 0 Å². The summed E-state index contributed by atoms with van der Waals surface area (Å²) in [6.45, 7) is 12.1. The minimum absolute atomic E-state index is 0.0142. The minimum atomic E-state index is -0.391. The van der Waals surface area contributed by atoms with Crippen molar-refractivity contribution in [1.82, 2.24) is 4.90 Å². The van der Waals surface area contributed by atoms with E-state index < -0.39 is 5.41 Å². The second-order valence-electron chi connectivity index (χ2n) is 7.44. The molecule has 1 aliphatic heterocycles. The lowest BCUT2D eigenvalue weighted by Crippen LogP contribution is -2.34. The molecule has 4 heteroatoms. The third kappa shape index (κ3) is 4.14. The topological polar surface area (TPSA) is 54.5 Å². The zero-order valence-electron chi connectivity index (χ0n) is 14.2. The van der Waals surface area contributed by atoms with Gasteiger partial charge in [-0.1, -0.05) is 41.5 Å². The number of Topliss-reactive ketones (excluding diaryl/α,β-unsaturated/α-hetero) is 1. The zero-order chi connectivity index (χ0) is 16.4. The van der Waals surface area contributed by atoms with Crippen molar-refractivity contribution in [2.75, 3.05) is 6.54 Å². The molecule has 0 radical (unpaired) electrons. The second-order valence-corrected chi connectivity index (χ2v) is 7.44. The highest BCUT2D eigenvalue weighted by Crippen LogP contribution is 2.30. The van der Waals surface area contributed by atoms with Gasteiger partial charge in [0, 0.05) is 30.2 Å². The van der Waals surface area contributed by atoms with E-state index in [-0.39, 0.29) is 35.4 Å². The van der Waals surface area contributed by atoms with Crippen LogP contribution in [-0.2, 0) is 14.4 Å². The maximum atomic E-state index is 12.2. The highest BCUT2D eigenvalue weighted by Gasteiger charge is 2.40. The minimum Gasteiger partial charge on any atom is -0.299 e. The molecule has 1 aliphatic rings. The van der Waals surface area contributed by atoms with Crippen molar-refractivity contribution < 1.29 is 14.4 Å². The number of carbonyl (C=O) groups is 3. The Balaban J connectivity index is 2.55. The average Bonchev–Trinajstić information content (AvgIpc) is 2.65. The van der Waals surface area contributed by atoms with E-state index in [2.05, 4.69) is 0 Å². The fraction of sp³-hybridized carbons (Fsp3) is 0.824. The highest BCUT2D eigenvalue weighted by atomic mass is 16.2. The van der Waals surface area contributed by atoms with Crippen LogP contribution in [-0.4, -0.2) is 29.0 Å². The van der Waals surface area contributed by atoms with Crippen LogP contribution in [0.3, 0.4) is 0 Å². The Morgan fingerprint density at radius 2 is 1.81 bits per heavy atom. The number of amides is 2. The van der Waals surface area contributed by atoms with Gasteiger partial charge in [0.05, 0.1) is 0 Å². The summed E-state index contributed by atoms with van der Waals surface area (Å²) >= 11 is 0. The third-order valence-corrected chi connectivity index (χ3v) is 4.46. The van der Waals surface area contributed by atoms with Gasteiger partial charge in [-0.3, -0.25) is 19.3 Å². The molecule has 0 aromatic carbocycles. The van der Waals surface area contributed by atoms with E-state index in [1.165, 1.54) is 4.90 Å². The summed E-state index contributed by atoms with van der Waals surface area (Å²) in [6, 6.07) is 0. The van der Waals surface area contributed by atoms with Gasteiger partial charge in [0.2, 0.25) is 11.8 Å². The molecule has 0 saturated carbocycles. The molecular weight excluding hydrogens is 266 g/mol. The molecule has 1 heterocycles. The maximum absolute atomic E-state index is 12.2. The molecule has 120 valence electrons. The fourth-order valence-corrected chi connectivity index (χ4v) is 3.05. The molecule has 0 bridgehead atoms. The predicted octanol–water partition coefficient (Wildman–Crippen LogP) is 3.05. The Kier molecular flexibility index (Phi) is 5.71. The maximum Gasteiger partial charge on any atom is 0.233 e. The average molecular weight is 295 g/mol. The first kappa shape index (κ1) is 17.9. The molecule has 1 rings (SSSR count). The Hall–Kier alpha value is -1.19. The van der Waals surface area contributed by atoms with Crippen molar-refractivity contribution in [2.45, 2.75) is 60.8 Å². The standard InChI is InChI=1S/C17H29NO3/c1-11(2)13-10-14(19)18(16(13)21)9-7-8-17(5,6)15(20)12(3)4/h11-13H,7-10H2,1-6H3. The fourth-order valence-electron chi connectivity index (χ4n) is 3.05. The van der Waals surface area contributed by atoms with Crippen molar-refractivity contribution >= 4 is 17.6 Å². The van der Waals surface area contributed by atoms with Crippen LogP contribution in [0.15, 0.2) is 0 Å². The van der Waals surface area contributed by atoms with E-state index in [4.69, 9.17) is 0 Å². The Bertz CT molecular complexity index is 424. The van der Waals surface area contributed by atoms with Gasteiger partial charge in [-0.05, 0) is 18.8 Å². The van der Waals surface area contributed by atoms with Gasteiger partial charge in [-0.15, -0.1) is 0 Å². The number of ketones is 1. The van der Waals surface area contributed by atoms with Gasteiger partial charge in [0.1, 0.15) is 5.78 Å². The largest absolute Gasteiger partial charge is 0.299 e. The summed E-state index contributed by atoms with van der Waals surface area (Å²) in [5.74, 6) is 0.185. The summed E-state index contributed by atoms with van der Waals surface area (Å²) in [4.78, 5) is 37.6. The normalized spacial score (nSPS) is 20.0. The molecule has 1 fully saturated rings. The van der Waals surface area contributed by atoms with E-state index in [1.807, 2.05) is 41.5 Å². The molecule has 2 amide bonds. The first-order valence-electron chi connectivity index (χ1n) is 7.96. The van der Waals surface area contributed by atoms with Crippen LogP contribution in [0, 0.1) is 23.2 Å². The lowest BCUT2D eigenvalue weighted by molar-refractivity contribution is -0.139. The first-order valence-corrected chi connectivity index (χ1v) is 7.96. The van der Waals surface area contributed by atoms with Crippen molar-refractivity contribution in [3.63, 3.8) is 0 Å². The molecule has 1 saturated heterocycles. The van der Waals surface area contributed by atoms with E-state index in [9.17, 15) is 14.4 Å². The number of rotatable bonds is 7. The Morgan fingerprint density at radius 3 is 2.24 bits per heavy atom. The summed E-state index contributed by atoms with van der Waals surface area (Å²) in [7, 11) is 0. The van der Waals surface area contributed by atoms with E-state index in [0.717, 1.165) is 0 Å². The lowest BCUT2D eigenvalue weighted by Gasteiger charge is -2.26. The van der Waals surface area contributed by atoms with E-state index in [0.29, 0.717) is 25.8 Å². The molecular formula is C17H29NO3. The number of likely N-dealkylation sites (tertiary alicyclic amines) is 1. The van der Waals surface area contributed by atoms with Crippen LogP contribution >= 0.6 is 0 Å². The van der Waals surface area contributed by atoms with Gasteiger partial charge >= 0.3 is 0 Å². The van der Waals surface area contributed by atoms with E-state index in [1.54, 1.807) is 0 Å². The van der Waals surface area contributed by atoms with Gasteiger partial charge in [0.15, 0.2) is 0 Å². The van der Waals surface area contributed by atoms with Crippen molar-refractivity contribution in [3.8, 4) is 0 Å². The van der Waals surface area contributed by atoms with Crippen LogP contribution in [0.2, 0.25) is 0 Å². The molecule has 1 atom stereocenters. The first-order chi connectivity index (χ1) is 9.58. The van der Waals surface area contributed by atoms with Crippen LogP contribution in [0.5, 0.6) is 0 Å². The predicted molar refractivity (Wildman–Crippen MR) is 82.5 cm³/mol. The molecule has 21 heavy (non-hydrogen) atoms. The summed E-state index contributed by atoms with van der Waals surface area (Å²) in [6.07, 6.45) is 1.73. The molecule has 1 unspecified atom stereocenters. The van der Waals surface area contributed by atoms with Crippen LogP contribution in [0.1, 0.15) is 60.8 Å². The van der Waals surface area contributed by atoms with Gasteiger partial charge in [-0.2, -0.15) is 0 Å². The van der Waals surface area contributed by atoms with Crippen molar-refractivity contribution in [3.05, 3.63) is 0 Å². The molecule has 4 nitrogen and oxygen atoms in total. The zero-order valence-corrected chi connectivity index (χ0v) is 14.2. The molecule has 0 aliphatic carbocycles. The van der Waals surface area contributed by atoms with Crippen molar-refractivity contribution in [1.29, 1.82) is 0 Å². The summed E-state index contributed by atoms with van der Waals surface area (Å²) in [5.41, 5.74) is -0.391. The molecule has 0 aromatic heterocycles. The summed E-state index contributed by atoms with van der Waals surface area (Å²) < 4.78 is 0. The number of carbonyl (C=O) groups excluding carboxylic acids is 3. The second kappa shape index (κ2) is 6.71.